The number of para-hydroxylation sites is 1. The summed E-state index contributed by atoms with van der Waals surface area (Å²) in [5.74, 6) is 2.40. The molecule has 0 fully saturated rings. The maximum Gasteiger partial charge on any atom is 0.208 e. The fourth-order valence-electron chi connectivity index (χ4n) is 1.73. The first-order valence-electron chi connectivity index (χ1n) is 6.23. The number of hydrogen-bond acceptors (Lipinski definition) is 4. The molecule has 1 heterocycles. The number of rotatable bonds is 7. The molecule has 0 atom stereocenters. The predicted molar refractivity (Wildman–Crippen MR) is 73.9 cm³/mol. The third-order valence-corrected chi connectivity index (χ3v) is 2.59. The molecule has 0 aliphatic heterocycles. The molecule has 1 aromatic heterocycles. The fraction of sp³-hybridized carbons (Fsp3) is 0.267. The highest BCUT2D eigenvalue weighted by Gasteiger charge is 2.04. The van der Waals surface area contributed by atoms with E-state index in [-0.39, 0.29) is 0 Å². The molecule has 0 saturated carbocycles. The predicted octanol–water partition coefficient (Wildman–Crippen LogP) is 2.84. The highest BCUT2D eigenvalue weighted by atomic mass is 16.5. The van der Waals surface area contributed by atoms with Gasteiger partial charge in [-0.25, -0.2) is 4.98 Å². The molecule has 2 rings (SSSR count). The van der Waals surface area contributed by atoms with Gasteiger partial charge in [-0.2, -0.15) is 0 Å². The van der Waals surface area contributed by atoms with Crippen LogP contribution in [-0.4, -0.2) is 11.6 Å². The third-order valence-electron chi connectivity index (χ3n) is 2.59. The molecule has 2 aromatic rings. The minimum absolute atomic E-state index is 0.510. The van der Waals surface area contributed by atoms with Gasteiger partial charge in [0.1, 0.15) is 18.1 Å². The van der Waals surface area contributed by atoms with Gasteiger partial charge in [0.05, 0.1) is 12.7 Å². The second kappa shape index (κ2) is 6.75. The number of nitrogens with zero attached hydrogens (tertiary/aromatic N) is 1. The van der Waals surface area contributed by atoms with E-state index in [9.17, 15) is 0 Å². The van der Waals surface area contributed by atoms with Crippen molar-refractivity contribution in [3.05, 3.63) is 60.3 Å². The monoisotopic (exact) mass is 258 g/mol. The van der Waals surface area contributed by atoms with Crippen LogP contribution < -0.4 is 10.1 Å². The Bertz CT molecular complexity index is 534. The molecule has 0 aliphatic carbocycles. The molecule has 1 N–H and O–H groups in total. The molecule has 19 heavy (non-hydrogen) atoms. The molecule has 4 nitrogen and oxygen atoms in total. The molecule has 0 spiro atoms. The molecule has 0 amide bonds. The number of nitrogens with one attached hydrogen (secondary N) is 1. The summed E-state index contributed by atoms with van der Waals surface area (Å²) in [6.07, 6.45) is 3.46. The Labute approximate surface area is 113 Å². The van der Waals surface area contributed by atoms with Crippen LogP contribution in [0.5, 0.6) is 5.75 Å². The number of hydrogen-bond donors (Lipinski definition) is 1. The van der Waals surface area contributed by atoms with Gasteiger partial charge in [-0.1, -0.05) is 30.9 Å². The van der Waals surface area contributed by atoms with Gasteiger partial charge >= 0.3 is 0 Å². The van der Waals surface area contributed by atoms with E-state index >= 15 is 0 Å². The molecule has 100 valence electrons. The maximum absolute atomic E-state index is 5.60. The Kier molecular flexibility index (Phi) is 4.75. The second-order valence-corrected chi connectivity index (χ2v) is 4.18. The van der Waals surface area contributed by atoms with Crippen molar-refractivity contribution in [2.45, 2.75) is 20.0 Å². The second-order valence-electron chi connectivity index (χ2n) is 4.18. The molecular weight excluding hydrogens is 240 g/mol. The summed E-state index contributed by atoms with van der Waals surface area (Å²) < 4.78 is 11.0. The lowest BCUT2D eigenvalue weighted by molar-refractivity contribution is 0.357. The van der Waals surface area contributed by atoms with Crippen LogP contribution >= 0.6 is 0 Å². The van der Waals surface area contributed by atoms with Gasteiger partial charge in [0, 0.05) is 12.1 Å². The van der Waals surface area contributed by atoms with Crippen molar-refractivity contribution in [1.82, 2.24) is 10.3 Å². The Morgan fingerprint density at radius 3 is 2.95 bits per heavy atom. The summed E-state index contributed by atoms with van der Waals surface area (Å²) in [5, 5.41) is 3.29. The minimum Gasteiger partial charge on any atom is -0.489 e. The van der Waals surface area contributed by atoms with Crippen LogP contribution in [0.15, 0.2) is 47.5 Å². The summed E-state index contributed by atoms with van der Waals surface area (Å²) in [7, 11) is 0. The highest BCUT2D eigenvalue weighted by molar-refractivity contribution is 5.33. The normalized spacial score (nSPS) is 10.4. The third kappa shape index (κ3) is 3.96. The van der Waals surface area contributed by atoms with Crippen molar-refractivity contribution < 1.29 is 9.15 Å². The summed E-state index contributed by atoms with van der Waals surface area (Å²) in [6.45, 7) is 7.35. The van der Waals surface area contributed by atoms with Gasteiger partial charge < -0.3 is 14.5 Å². The van der Waals surface area contributed by atoms with E-state index in [1.54, 1.807) is 12.3 Å². The number of benzene rings is 1. The lowest BCUT2D eigenvalue weighted by Gasteiger charge is -2.10. The van der Waals surface area contributed by atoms with E-state index < -0.39 is 0 Å². The standard InChI is InChI=1S/C15H18N2O2/c1-3-8-18-14-7-5-4-6-13(14)10-16-11-15-17-9-12(2)19-15/h3-7,9,16H,1,8,10-11H2,2H3. The van der Waals surface area contributed by atoms with Crippen molar-refractivity contribution in [1.29, 1.82) is 0 Å². The topological polar surface area (TPSA) is 47.3 Å². The van der Waals surface area contributed by atoms with Crippen molar-refractivity contribution >= 4 is 0 Å². The van der Waals surface area contributed by atoms with Crippen molar-refractivity contribution in [3.63, 3.8) is 0 Å². The van der Waals surface area contributed by atoms with Crippen LogP contribution in [-0.2, 0) is 13.1 Å². The Morgan fingerprint density at radius 2 is 2.21 bits per heavy atom. The van der Waals surface area contributed by atoms with Gasteiger partial charge in [0.15, 0.2) is 0 Å². The lowest BCUT2D eigenvalue weighted by atomic mass is 10.2. The van der Waals surface area contributed by atoms with E-state index in [4.69, 9.17) is 9.15 Å². The molecule has 0 unspecified atom stereocenters. The molecule has 1 aromatic carbocycles. The summed E-state index contributed by atoms with van der Waals surface area (Å²) in [5.41, 5.74) is 1.10. The zero-order valence-corrected chi connectivity index (χ0v) is 11.1. The summed E-state index contributed by atoms with van der Waals surface area (Å²) >= 11 is 0. The summed E-state index contributed by atoms with van der Waals surface area (Å²) in [6, 6.07) is 7.94. The zero-order valence-electron chi connectivity index (χ0n) is 11.1. The average molecular weight is 258 g/mol. The first kappa shape index (κ1) is 13.4. The van der Waals surface area contributed by atoms with Gasteiger partial charge in [-0.3, -0.25) is 0 Å². The molecule has 0 aliphatic rings. The van der Waals surface area contributed by atoms with Crippen molar-refractivity contribution in [2.24, 2.45) is 0 Å². The maximum atomic E-state index is 5.60. The molecular formula is C15H18N2O2. The van der Waals surface area contributed by atoms with Crippen LogP contribution in [0.3, 0.4) is 0 Å². The van der Waals surface area contributed by atoms with Gasteiger partial charge in [0.2, 0.25) is 5.89 Å². The molecule has 0 bridgehead atoms. The molecule has 0 radical (unpaired) electrons. The number of oxazole rings is 1. The lowest BCUT2D eigenvalue weighted by Crippen LogP contribution is -2.13. The largest absolute Gasteiger partial charge is 0.489 e. The number of aryl methyl sites for hydroxylation is 1. The average Bonchev–Trinajstić information content (AvgIpc) is 2.83. The first-order chi connectivity index (χ1) is 9.29. The quantitative estimate of drug-likeness (QED) is 0.776. The summed E-state index contributed by atoms with van der Waals surface area (Å²) in [4.78, 5) is 4.15. The Balaban J connectivity index is 1.89. The van der Waals surface area contributed by atoms with E-state index in [0.717, 1.165) is 17.1 Å². The van der Waals surface area contributed by atoms with Crippen molar-refractivity contribution in [3.8, 4) is 5.75 Å². The zero-order chi connectivity index (χ0) is 13.5. The fourth-order valence-corrected chi connectivity index (χ4v) is 1.73. The van der Waals surface area contributed by atoms with Crippen LogP contribution in [0, 0.1) is 6.92 Å². The number of aromatic nitrogens is 1. The van der Waals surface area contributed by atoms with Gasteiger partial charge in [-0.15, -0.1) is 0 Å². The highest BCUT2D eigenvalue weighted by Crippen LogP contribution is 2.17. The van der Waals surface area contributed by atoms with E-state index in [1.807, 2.05) is 31.2 Å². The molecule has 4 heteroatoms. The van der Waals surface area contributed by atoms with Crippen LogP contribution in [0.1, 0.15) is 17.2 Å². The Morgan fingerprint density at radius 1 is 1.37 bits per heavy atom. The smallest absolute Gasteiger partial charge is 0.208 e. The van der Waals surface area contributed by atoms with Crippen molar-refractivity contribution in [2.75, 3.05) is 6.61 Å². The van der Waals surface area contributed by atoms with E-state index in [1.165, 1.54) is 0 Å². The van der Waals surface area contributed by atoms with E-state index in [0.29, 0.717) is 25.6 Å². The van der Waals surface area contributed by atoms with Gasteiger partial charge in [-0.05, 0) is 13.0 Å². The van der Waals surface area contributed by atoms with Gasteiger partial charge in [0.25, 0.3) is 0 Å². The van der Waals surface area contributed by atoms with Crippen LogP contribution in [0.25, 0.3) is 0 Å². The van der Waals surface area contributed by atoms with Crippen LogP contribution in [0.2, 0.25) is 0 Å². The number of ether oxygens (including phenoxy) is 1. The molecule has 0 saturated heterocycles. The Hall–Kier alpha value is -2.07. The van der Waals surface area contributed by atoms with E-state index in [2.05, 4.69) is 16.9 Å². The minimum atomic E-state index is 0.510. The first-order valence-corrected chi connectivity index (χ1v) is 6.23. The van der Waals surface area contributed by atoms with Crippen LogP contribution in [0.4, 0.5) is 0 Å². The SMILES string of the molecule is C=CCOc1ccccc1CNCc1ncc(C)o1.